The number of benzene rings is 2. The monoisotopic (exact) mass is 387 g/mol. The van der Waals surface area contributed by atoms with Gasteiger partial charge in [-0.05, 0) is 43.5 Å². The Morgan fingerprint density at radius 2 is 2.00 bits per heavy atom. The van der Waals surface area contributed by atoms with Gasteiger partial charge in [0.1, 0.15) is 0 Å². The maximum Gasteiger partial charge on any atom is 0.270 e. The summed E-state index contributed by atoms with van der Waals surface area (Å²) in [7, 11) is 0. The normalized spacial score (nSPS) is 14.1. The quantitative estimate of drug-likeness (QED) is 0.624. The highest BCUT2D eigenvalue weighted by molar-refractivity contribution is 6.34. The van der Waals surface area contributed by atoms with E-state index in [2.05, 4.69) is 5.32 Å². The van der Waals surface area contributed by atoms with Gasteiger partial charge in [-0.2, -0.15) is 0 Å². The maximum atomic E-state index is 12.5. The van der Waals surface area contributed by atoms with Crippen molar-refractivity contribution >= 4 is 40.5 Å². The number of nitro benzene ring substituents is 1. The highest BCUT2D eigenvalue weighted by Gasteiger charge is 2.22. The molecule has 1 saturated heterocycles. The first-order chi connectivity index (χ1) is 12.9. The molecule has 0 saturated carbocycles. The largest absolute Gasteiger partial charge is 0.322 e. The molecule has 140 valence electrons. The molecule has 27 heavy (non-hydrogen) atoms. The second kappa shape index (κ2) is 7.75. The van der Waals surface area contributed by atoms with E-state index in [1.165, 1.54) is 12.1 Å². The molecule has 0 spiro atoms. The number of hydrogen-bond acceptors (Lipinski definition) is 4. The van der Waals surface area contributed by atoms with E-state index in [4.69, 9.17) is 11.6 Å². The highest BCUT2D eigenvalue weighted by Crippen LogP contribution is 2.29. The lowest BCUT2D eigenvalue weighted by molar-refractivity contribution is -0.384. The van der Waals surface area contributed by atoms with Crippen molar-refractivity contribution in [3.8, 4) is 0 Å². The minimum Gasteiger partial charge on any atom is -0.322 e. The van der Waals surface area contributed by atoms with Gasteiger partial charge in [-0.3, -0.25) is 19.7 Å². The molecular weight excluding hydrogens is 370 g/mol. The van der Waals surface area contributed by atoms with E-state index < -0.39 is 10.8 Å². The molecule has 0 unspecified atom stereocenters. The Morgan fingerprint density at radius 1 is 1.22 bits per heavy atom. The number of carbonyl (C=O) groups is 2. The van der Waals surface area contributed by atoms with Gasteiger partial charge in [0.2, 0.25) is 5.91 Å². The van der Waals surface area contributed by atoms with E-state index in [0.717, 1.165) is 30.2 Å². The third-order valence-corrected chi connectivity index (χ3v) is 4.82. The Balaban J connectivity index is 1.87. The van der Waals surface area contributed by atoms with Crippen molar-refractivity contribution in [2.45, 2.75) is 26.2 Å². The summed E-state index contributed by atoms with van der Waals surface area (Å²) in [5, 5.41) is 13.8. The van der Waals surface area contributed by atoms with Crippen LogP contribution in [-0.4, -0.2) is 23.3 Å². The molecule has 1 N–H and O–H groups in total. The van der Waals surface area contributed by atoms with Gasteiger partial charge in [-0.1, -0.05) is 17.7 Å². The molecule has 1 fully saturated rings. The minimum absolute atomic E-state index is 0.0158. The lowest BCUT2D eigenvalue weighted by Crippen LogP contribution is -2.35. The molecule has 2 aromatic carbocycles. The van der Waals surface area contributed by atoms with Gasteiger partial charge >= 0.3 is 0 Å². The summed E-state index contributed by atoms with van der Waals surface area (Å²) in [6.07, 6.45) is 2.33. The van der Waals surface area contributed by atoms with Gasteiger partial charge in [0.15, 0.2) is 0 Å². The standard InChI is InChI=1S/C19H18ClN3O4/c1-12-5-6-13(10-17(12)22-9-3-2-4-18(22)24)21-19(25)15-11-14(23(26)27)7-8-16(15)20/h5-8,10-11H,2-4,9H2,1H3,(H,21,25). The molecular formula is C19H18ClN3O4. The number of hydrogen-bond donors (Lipinski definition) is 1. The van der Waals surface area contributed by atoms with Crippen LogP contribution in [0.2, 0.25) is 5.02 Å². The first-order valence-corrected chi connectivity index (χ1v) is 8.91. The lowest BCUT2D eigenvalue weighted by atomic mass is 10.1. The molecule has 0 aromatic heterocycles. The molecule has 1 aliphatic rings. The Hall–Kier alpha value is -2.93. The predicted molar refractivity (Wildman–Crippen MR) is 103 cm³/mol. The predicted octanol–water partition coefficient (Wildman–Crippen LogP) is 4.33. The van der Waals surface area contributed by atoms with Crippen molar-refractivity contribution in [3.05, 3.63) is 62.7 Å². The van der Waals surface area contributed by atoms with Crippen LogP contribution in [-0.2, 0) is 4.79 Å². The number of halogens is 1. The third kappa shape index (κ3) is 4.09. The fraction of sp³-hybridized carbons (Fsp3) is 0.263. The van der Waals surface area contributed by atoms with Crippen LogP contribution >= 0.6 is 11.6 Å². The summed E-state index contributed by atoms with van der Waals surface area (Å²) in [6, 6.07) is 8.98. The molecule has 0 radical (unpaired) electrons. The first kappa shape index (κ1) is 18.8. The molecule has 2 aromatic rings. The Bertz CT molecular complexity index is 929. The van der Waals surface area contributed by atoms with Crippen molar-refractivity contribution in [2.75, 3.05) is 16.8 Å². The van der Waals surface area contributed by atoms with Gasteiger partial charge in [0.25, 0.3) is 11.6 Å². The summed E-state index contributed by atoms with van der Waals surface area (Å²) < 4.78 is 0. The smallest absolute Gasteiger partial charge is 0.270 e. The summed E-state index contributed by atoms with van der Waals surface area (Å²) in [4.78, 5) is 36.8. The maximum absolute atomic E-state index is 12.5. The Labute approximate surface area is 161 Å². The van der Waals surface area contributed by atoms with Crippen molar-refractivity contribution in [2.24, 2.45) is 0 Å². The summed E-state index contributed by atoms with van der Waals surface area (Å²) >= 11 is 6.02. The zero-order valence-corrected chi connectivity index (χ0v) is 15.5. The minimum atomic E-state index is -0.584. The number of non-ortho nitro benzene ring substituents is 1. The second-order valence-electron chi connectivity index (χ2n) is 6.38. The van der Waals surface area contributed by atoms with E-state index >= 15 is 0 Å². The lowest BCUT2D eigenvalue weighted by Gasteiger charge is -2.28. The number of carbonyl (C=O) groups excluding carboxylic acids is 2. The van der Waals surface area contributed by atoms with Gasteiger partial charge < -0.3 is 10.2 Å². The number of amides is 2. The van der Waals surface area contributed by atoms with E-state index in [9.17, 15) is 19.7 Å². The van der Waals surface area contributed by atoms with Gasteiger partial charge in [0.05, 0.1) is 15.5 Å². The zero-order valence-electron chi connectivity index (χ0n) is 14.7. The van der Waals surface area contributed by atoms with Crippen molar-refractivity contribution in [1.29, 1.82) is 0 Å². The summed E-state index contributed by atoms with van der Waals surface area (Å²) in [6.45, 7) is 2.55. The number of rotatable bonds is 4. The number of aryl methyl sites for hydroxylation is 1. The van der Waals surface area contributed by atoms with Crippen LogP contribution in [0.15, 0.2) is 36.4 Å². The fourth-order valence-corrected chi connectivity index (χ4v) is 3.24. The zero-order chi connectivity index (χ0) is 19.6. The SMILES string of the molecule is Cc1ccc(NC(=O)c2cc([N+](=O)[O-])ccc2Cl)cc1N1CCCCC1=O. The van der Waals surface area contributed by atoms with E-state index in [-0.39, 0.29) is 22.2 Å². The van der Waals surface area contributed by atoms with E-state index in [1.807, 2.05) is 13.0 Å². The number of nitro groups is 1. The average molecular weight is 388 g/mol. The number of nitrogens with zero attached hydrogens (tertiary/aromatic N) is 2. The van der Waals surface area contributed by atoms with Crippen LogP contribution in [0.1, 0.15) is 35.2 Å². The summed E-state index contributed by atoms with van der Waals surface area (Å²) in [5.41, 5.74) is 1.97. The van der Waals surface area contributed by atoms with Crippen molar-refractivity contribution in [1.82, 2.24) is 0 Å². The van der Waals surface area contributed by atoms with E-state index in [1.54, 1.807) is 17.0 Å². The Kier molecular flexibility index (Phi) is 5.41. The van der Waals surface area contributed by atoms with Crippen LogP contribution in [0.4, 0.5) is 17.1 Å². The average Bonchev–Trinajstić information content (AvgIpc) is 2.64. The fourth-order valence-electron chi connectivity index (χ4n) is 3.04. The number of anilines is 2. The van der Waals surface area contributed by atoms with Crippen LogP contribution < -0.4 is 10.2 Å². The van der Waals surface area contributed by atoms with Crippen LogP contribution in [0.25, 0.3) is 0 Å². The molecule has 0 aliphatic carbocycles. The highest BCUT2D eigenvalue weighted by atomic mass is 35.5. The van der Waals surface area contributed by atoms with Crippen molar-refractivity contribution in [3.63, 3.8) is 0 Å². The van der Waals surface area contributed by atoms with Gasteiger partial charge in [0, 0.05) is 36.5 Å². The third-order valence-electron chi connectivity index (χ3n) is 4.49. The molecule has 3 rings (SSSR count). The topological polar surface area (TPSA) is 92.5 Å². The molecule has 0 bridgehead atoms. The van der Waals surface area contributed by atoms with Gasteiger partial charge in [-0.15, -0.1) is 0 Å². The molecule has 8 heteroatoms. The molecule has 7 nitrogen and oxygen atoms in total. The van der Waals surface area contributed by atoms with Crippen LogP contribution in [0.3, 0.4) is 0 Å². The van der Waals surface area contributed by atoms with E-state index in [0.29, 0.717) is 18.7 Å². The van der Waals surface area contributed by atoms with Crippen LogP contribution in [0.5, 0.6) is 0 Å². The Morgan fingerprint density at radius 3 is 2.70 bits per heavy atom. The second-order valence-corrected chi connectivity index (χ2v) is 6.79. The van der Waals surface area contributed by atoms with Crippen molar-refractivity contribution < 1.29 is 14.5 Å². The summed E-state index contributed by atoms with van der Waals surface area (Å²) in [5.74, 6) is -0.488. The van der Waals surface area contributed by atoms with Crippen LogP contribution in [0, 0.1) is 17.0 Å². The molecule has 1 aliphatic heterocycles. The first-order valence-electron chi connectivity index (χ1n) is 8.53. The van der Waals surface area contributed by atoms with Gasteiger partial charge in [-0.25, -0.2) is 0 Å². The molecule has 2 amide bonds. The number of nitrogens with one attached hydrogen (secondary N) is 1. The number of piperidine rings is 1. The molecule has 1 heterocycles. The molecule has 0 atom stereocenters.